The molecular weight excluding hydrogens is 220 g/mol. The molecule has 0 saturated carbocycles. The summed E-state index contributed by atoms with van der Waals surface area (Å²) in [6, 6.07) is 4.87. The number of carbonyl (C=O) groups is 1. The lowest BCUT2D eigenvalue weighted by Gasteiger charge is -2.24. The molecule has 1 aliphatic heterocycles. The summed E-state index contributed by atoms with van der Waals surface area (Å²) in [5.74, 6) is -0.951. The molecule has 0 radical (unpaired) electrons. The number of carboxylic acids is 1. The summed E-state index contributed by atoms with van der Waals surface area (Å²) in [6.07, 6.45) is 2.02. The molecule has 0 unspecified atom stereocenters. The fourth-order valence-corrected chi connectivity index (χ4v) is 1.89. The molecule has 5 nitrogen and oxygen atoms in total. The zero-order valence-corrected chi connectivity index (χ0v) is 9.48. The van der Waals surface area contributed by atoms with Crippen LogP contribution in [0, 0.1) is 0 Å². The molecule has 0 amide bonds. The van der Waals surface area contributed by atoms with Crippen molar-refractivity contribution in [3.8, 4) is 0 Å². The molecule has 1 aromatic rings. The maximum Gasteiger partial charge on any atom is 0.335 e. The Kier molecular flexibility index (Phi) is 3.49. The molecule has 92 valence electrons. The quantitative estimate of drug-likeness (QED) is 0.693. The molecule has 1 saturated heterocycles. The third kappa shape index (κ3) is 2.88. The number of carboxylic acid groups (broad SMARTS) is 1. The monoisotopic (exact) mass is 236 g/mol. The predicted molar refractivity (Wildman–Crippen MR) is 65.3 cm³/mol. The number of anilines is 2. The van der Waals surface area contributed by atoms with Gasteiger partial charge in [-0.15, -0.1) is 0 Å². The molecule has 2 rings (SSSR count). The van der Waals surface area contributed by atoms with Gasteiger partial charge in [-0.3, -0.25) is 0 Å². The van der Waals surface area contributed by atoms with Crippen LogP contribution < -0.4 is 11.1 Å². The second-order valence-electron chi connectivity index (χ2n) is 4.17. The topological polar surface area (TPSA) is 84.6 Å². The first kappa shape index (κ1) is 11.7. The number of nitrogens with two attached hydrogens (primary N) is 1. The Balaban J connectivity index is 2.13. The van der Waals surface area contributed by atoms with Crippen LogP contribution in [0.5, 0.6) is 0 Å². The number of nitrogens with one attached hydrogen (secondary N) is 1. The smallest absolute Gasteiger partial charge is 0.335 e. The van der Waals surface area contributed by atoms with Gasteiger partial charge < -0.3 is 20.9 Å². The third-order valence-electron chi connectivity index (χ3n) is 2.82. The van der Waals surface area contributed by atoms with Gasteiger partial charge in [0.05, 0.1) is 23.5 Å². The van der Waals surface area contributed by atoms with E-state index in [0.29, 0.717) is 18.0 Å². The Morgan fingerprint density at radius 3 is 3.00 bits per heavy atom. The van der Waals surface area contributed by atoms with Gasteiger partial charge in [0.25, 0.3) is 0 Å². The molecule has 4 N–H and O–H groups in total. The zero-order valence-electron chi connectivity index (χ0n) is 9.48. The van der Waals surface area contributed by atoms with Crippen molar-refractivity contribution in [2.45, 2.75) is 18.9 Å². The van der Waals surface area contributed by atoms with Gasteiger partial charge in [-0.25, -0.2) is 4.79 Å². The Bertz CT molecular complexity index is 414. The second kappa shape index (κ2) is 5.05. The van der Waals surface area contributed by atoms with Crippen LogP contribution in [0.25, 0.3) is 0 Å². The molecule has 1 atom stereocenters. The van der Waals surface area contributed by atoms with Crippen molar-refractivity contribution in [3.63, 3.8) is 0 Å². The van der Waals surface area contributed by atoms with E-state index in [1.165, 1.54) is 6.07 Å². The van der Waals surface area contributed by atoms with E-state index in [1.807, 2.05) is 0 Å². The van der Waals surface area contributed by atoms with Crippen molar-refractivity contribution in [1.29, 1.82) is 0 Å². The van der Waals surface area contributed by atoms with Crippen molar-refractivity contribution >= 4 is 17.3 Å². The first-order chi connectivity index (χ1) is 8.16. The lowest BCUT2D eigenvalue weighted by Crippen LogP contribution is -2.30. The molecule has 0 aromatic heterocycles. The van der Waals surface area contributed by atoms with Crippen LogP contribution >= 0.6 is 0 Å². The lowest BCUT2D eigenvalue weighted by molar-refractivity contribution is 0.0697. The maximum atomic E-state index is 10.9. The highest BCUT2D eigenvalue weighted by atomic mass is 16.5. The van der Waals surface area contributed by atoms with Crippen molar-refractivity contribution in [2.75, 3.05) is 24.3 Å². The van der Waals surface area contributed by atoms with E-state index in [9.17, 15) is 4.79 Å². The SMILES string of the molecule is Nc1ccc(C(=O)O)cc1N[C@H]1CCCOC1. The highest BCUT2D eigenvalue weighted by Gasteiger charge is 2.15. The molecule has 1 fully saturated rings. The molecule has 5 heteroatoms. The van der Waals surface area contributed by atoms with Crippen LogP contribution in [0.1, 0.15) is 23.2 Å². The van der Waals surface area contributed by atoms with E-state index >= 15 is 0 Å². The Morgan fingerprint density at radius 1 is 1.53 bits per heavy atom. The van der Waals surface area contributed by atoms with Gasteiger partial charge in [-0.1, -0.05) is 0 Å². The fourth-order valence-electron chi connectivity index (χ4n) is 1.89. The number of rotatable bonds is 3. The van der Waals surface area contributed by atoms with Gasteiger partial charge in [-0.05, 0) is 31.0 Å². The summed E-state index contributed by atoms with van der Waals surface area (Å²) in [5, 5.41) is 12.1. The predicted octanol–water partition coefficient (Wildman–Crippen LogP) is 1.56. The summed E-state index contributed by atoms with van der Waals surface area (Å²) >= 11 is 0. The molecule has 0 aliphatic carbocycles. The van der Waals surface area contributed by atoms with E-state index in [4.69, 9.17) is 15.6 Å². The van der Waals surface area contributed by atoms with Crippen LogP contribution in [0.4, 0.5) is 11.4 Å². The van der Waals surface area contributed by atoms with E-state index < -0.39 is 5.97 Å². The average Bonchev–Trinajstić information content (AvgIpc) is 2.33. The van der Waals surface area contributed by atoms with Crippen molar-refractivity contribution in [1.82, 2.24) is 0 Å². The first-order valence-corrected chi connectivity index (χ1v) is 5.64. The number of hydrogen-bond acceptors (Lipinski definition) is 4. The molecule has 1 aliphatic rings. The summed E-state index contributed by atoms with van der Waals surface area (Å²) in [5.41, 5.74) is 7.27. The van der Waals surface area contributed by atoms with Crippen molar-refractivity contribution in [3.05, 3.63) is 23.8 Å². The summed E-state index contributed by atoms with van der Waals surface area (Å²) in [6.45, 7) is 1.43. The Hall–Kier alpha value is -1.75. The van der Waals surface area contributed by atoms with Crippen LogP contribution in [0.3, 0.4) is 0 Å². The van der Waals surface area contributed by atoms with E-state index in [-0.39, 0.29) is 11.6 Å². The normalized spacial score (nSPS) is 19.9. The van der Waals surface area contributed by atoms with Gasteiger partial charge in [0.1, 0.15) is 0 Å². The Morgan fingerprint density at radius 2 is 2.35 bits per heavy atom. The number of aromatic carboxylic acids is 1. The largest absolute Gasteiger partial charge is 0.478 e. The highest BCUT2D eigenvalue weighted by Crippen LogP contribution is 2.22. The minimum Gasteiger partial charge on any atom is -0.478 e. The maximum absolute atomic E-state index is 10.9. The minimum absolute atomic E-state index is 0.204. The fraction of sp³-hybridized carbons (Fsp3) is 0.417. The molecule has 1 aromatic carbocycles. The van der Waals surface area contributed by atoms with Gasteiger partial charge in [0.15, 0.2) is 0 Å². The standard InChI is InChI=1S/C12H16N2O3/c13-10-4-3-8(12(15)16)6-11(10)14-9-2-1-5-17-7-9/h3-4,6,9,14H,1-2,5,7,13H2,(H,15,16)/t9-/m0/s1. The third-order valence-corrected chi connectivity index (χ3v) is 2.82. The molecule has 1 heterocycles. The number of benzene rings is 1. The van der Waals surface area contributed by atoms with Crippen LogP contribution in [0.15, 0.2) is 18.2 Å². The lowest BCUT2D eigenvalue weighted by atomic mass is 10.1. The summed E-state index contributed by atoms with van der Waals surface area (Å²) in [7, 11) is 0. The highest BCUT2D eigenvalue weighted by molar-refractivity contribution is 5.90. The molecule has 17 heavy (non-hydrogen) atoms. The zero-order chi connectivity index (χ0) is 12.3. The van der Waals surface area contributed by atoms with Gasteiger partial charge in [0.2, 0.25) is 0 Å². The molecule has 0 bridgehead atoms. The van der Waals surface area contributed by atoms with E-state index in [0.717, 1.165) is 19.4 Å². The Labute approximate surface area is 99.6 Å². The van der Waals surface area contributed by atoms with Gasteiger partial charge >= 0.3 is 5.97 Å². The molecular formula is C12H16N2O3. The number of ether oxygens (including phenoxy) is 1. The summed E-state index contributed by atoms with van der Waals surface area (Å²) < 4.78 is 5.35. The summed E-state index contributed by atoms with van der Waals surface area (Å²) in [4.78, 5) is 10.9. The number of nitrogen functional groups attached to an aromatic ring is 1. The first-order valence-electron chi connectivity index (χ1n) is 5.64. The van der Waals surface area contributed by atoms with Gasteiger partial charge in [-0.2, -0.15) is 0 Å². The van der Waals surface area contributed by atoms with E-state index in [1.54, 1.807) is 12.1 Å². The van der Waals surface area contributed by atoms with Crippen molar-refractivity contribution < 1.29 is 14.6 Å². The molecule has 0 spiro atoms. The second-order valence-corrected chi connectivity index (χ2v) is 4.17. The van der Waals surface area contributed by atoms with Crippen molar-refractivity contribution in [2.24, 2.45) is 0 Å². The average molecular weight is 236 g/mol. The number of hydrogen-bond donors (Lipinski definition) is 3. The van der Waals surface area contributed by atoms with Crippen LogP contribution in [0.2, 0.25) is 0 Å². The van der Waals surface area contributed by atoms with Crippen LogP contribution in [-0.4, -0.2) is 30.3 Å². The van der Waals surface area contributed by atoms with Crippen LogP contribution in [-0.2, 0) is 4.74 Å². The van der Waals surface area contributed by atoms with Gasteiger partial charge in [0, 0.05) is 12.6 Å². The van der Waals surface area contributed by atoms with E-state index in [2.05, 4.69) is 5.32 Å². The minimum atomic E-state index is -0.951.